The van der Waals surface area contributed by atoms with Crippen LogP contribution in [0.4, 0.5) is 0 Å². The highest BCUT2D eigenvalue weighted by Gasteiger charge is 2.26. The molecule has 0 saturated carbocycles. The number of benzene rings is 1. The summed E-state index contributed by atoms with van der Waals surface area (Å²) in [6.07, 6.45) is 0.662. The number of carbonyl (C=O) groups excluding carboxylic acids is 3. The molecule has 0 fully saturated rings. The first-order valence-corrected chi connectivity index (χ1v) is 8.64. The minimum absolute atomic E-state index is 0.127. The van der Waals surface area contributed by atoms with Crippen molar-refractivity contribution in [2.45, 2.75) is 26.3 Å². The second-order valence-corrected chi connectivity index (χ2v) is 6.32. The minimum atomic E-state index is -0.805. The Kier molecular flexibility index (Phi) is 9.23. The number of halogens is 2. The van der Waals surface area contributed by atoms with Crippen LogP contribution in [0.2, 0.25) is 10.0 Å². The van der Waals surface area contributed by atoms with Gasteiger partial charge in [0.05, 0.1) is 12.1 Å². The van der Waals surface area contributed by atoms with Crippen molar-refractivity contribution in [3.63, 3.8) is 0 Å². The number of hydrogen-bond donors (Lipinski definition) is 1. The van der Waals surface area contributed by atoms with E-state index < -0.39 is 37.1 Å². The van der Waals surface area contributed by atoms with Gasteiger partial charge in [0.25, 0.3) is 5.91 Å². The van der Waals surface area contributed by atoms with Gasteiger partial charge >= 0.3 is 11.9 Å². The SMILES string of the molecule is CC[C@@H](C)[C@H](NC(=O)COC(=O)COc1ccc(Cl)cc1Cl)C(=O)OC. The highest BCUT2D eigenvalue weighted by Crippen LogP contribution is 2.27. The maximum atomic E-state index is 11.9. The lowest BCUT2D eigenvalue weighted by Gasteiger charge is -2.21. The zero-order valence-electron chi connectivity index (χ0n) is 14.7. The van der Waals surface area contributed by atoms with Crippen LogP contribution in [-0.2, 0) is 23.9 Å². The van der Waals surface area contributed by atoms with Crippen LogP contribution in [0, 0.1) is 5.92 Å². The van der Waals surface area contributed by atoms with Gasteiger partial charge in [-0.3, -0.25) is 4.79 Å². The Balaban J connectivity index is 2.45. The molecule has 1 aromatic rings. The van der Waals surface area contributed by atoms with Crippen molar-refractivity contribution >= 4 is 41.0 Å². The monoisotopic (exact) mass is 405 g/mol. The van der Waals surface area contributed by atoms with Gasteiger partial charge in [0.1, 0.15) is 11.8 Å². The highest BCUT2D eigenvalue weighted by molar-refractivity contribution is 6.35. The van der Waals surface area contributed by atoms with Gasteiger partial charge in [-0.15, -0.1) is 0 Å². The zero-order valence-corrected chi connectivity index (χ0v) is 16.2. The Morgan fingerprint density at radius 3 is 2.46 bits per heavy atom. The topological polar surface area (TPSA) is 90.9 Å². The predicted molar refractivity (Wildman–Crippen MR) is 96.3 cm³/mol. The Labute approximate surface area is 161 Å². The van der Waals surface area contributed by atoms with Gasteiger partial charge in [-0.05, 0) is 24.1 Å². The van der Waals surface area contributed by atoms with E-state index in [1.54, 1.807) is 13.0 Å². The van der Waals surface area contributed by atoms with Crippen molar-refractivity contribution < 1.29 is 28.6 Å². The average Bonchev–Trinajstić information content (AvgIpc) is 2.62. The summed E-state index contributed by atoms with van der Waals surface area (Å²) in [7, 11) is 1.24. The third kappa shape index (κ3) is 7.09. The minimum Gasteiger partial charge on any atom is -0.480 e. The van der Waals surface area contributed by atoms with Crippen molar-refractivity contribution in [3.8, 4) is 5.75 Å². The Bertz CT molecular complexity index is 652. The maximum Gasteiger partial charge on any atom is 0.344 e. The Morgan fingerprint density at radius 1 is 1.19 bits per heavy atom. The number of amides is 1. The lowest BCUT2D eigenvalue weighted by Crippen LogP contribution is -2.47. The fourth-order valence-corrected chi connectivity index (χ4v) is 2.39. The number of methoxy groups -OCH3 is 1. The fourth-order valence-electron chi connectivity index (χ4n) is 1.93. The van der Waals surface area contributed by atoms with Crippen LogP contribution in [0.3, 0.4) is 0 Å². The van der Waals surface area contributed by atoms with Crippen LogP contribution in [0.1, 0.15) is 20.3 Å². The first-order valence-electron chi connectivity index (χ1n) is 7.89. The number of rotatable bonds is 9. The summed E-state index contributed by atoms with van der Waals surface area (Å²) < 4.78 is 14.7. The first kappa shape index (κ1) is 22.1. The van der Waals surface area contributed by atoms with E-state index in [-0.39, 0.29) is 16.7 Å². The molecule has 1 aromatic carbocycles. The summed E-state index contributed by atoms with van der Waals surface area (Å²) >= 11 is 11.7. The van der Waals surface area contributed by atoms with Crippen molar-refractivity contribution in [3.05, 3.63) is 28.2 Å². The molecule has 1 N–H and O–H groups in total. The second-order valence-electron chi connectivity index (χ2n) is 5.48. The molecule has 26 heavy (non-hydrogen) atoms. The van der Waals surface area contributed by atoms with E-state index in [0.717, 1.165) is 0 Å². The van der Waals surface area contributed by atoms with Gasteiger partial charge in [0.2, 0.25) is 0 Å². The molecule has 0 radical (unpaired) electrons. The fraction of sp³-hybridized carbons (Fsp3) is 0.471. The van der Waals surface area contributed by atoms with Crippen LogP contribution >= 0.6 is 23.2 Å². The third-order valence-electron chi connectivity index (χ3n) is 3.59. The molecule has 1 amide bonds. The molecule has 1 rings (SSSR count). The van der Waals surface area contributed by atoms with Crippen molar-refractivity contribution in [2.75, 3.05) is 20.3 Å². The highest BCUT2D eigenvalue weighted by atomic mass is 35.5. The number of esters is 2. The van der Waals surface area contributed by atoms with Crippen LogP contribution in [0.5, 0.6) is 5.75 Å². The van der Waals surface area contributed by atoms with Gasteiger partial charge in [0, 0.05) is 5.02 Å². The zero-order chi connectivity index (χ0) is 19.7. The molecule has 0 spiro atoms. The van der Waals surface area contributed by atoms with E-state index in [0.29, 0.717) is 11.4 Å². The van der Waals surface area contributed by atoms with Gasteiger partial charge in [-0.25, -0.2) is 9.59 Å². The van der Waals surface area contributed by atoms with Crippen LogP contribution in [0.25, 0.3) is 0 Å². The Hall–Kier alpha value is -1.99. The third-order valence-corrected chi connectivity index (χ3v) is 4.12. The average molecular weight is 406 g/mol. The molecular formula is C17H21Cl2NO6. The molecule has 0 heterocycles. The van der Waals surface area contributed by atoms with E-state index >= 15 is 0 Å². The van der Waals surface area contributed by atoms with E-state index in [2.05, 4.69) is 10.1 Å². The molecule has 0 saturated heterocycles. The molecule has 2 atom stereocenters. The summed E-state index contributed by atoms with van der Waals surface area (Å²) in [5, 5.41) is 3.18. The summed E-state index contributed by atoms with van der Waals surface area (Å²) in [5.41, 5.74) is 0. The molecule has 0 unspecified atom stereocenters. The summed E-state index contributed by atoms with van der Waals surface area (Å²) in [5.74, 6) is -1.79. The molecule has 7 nitrogen and oxygen atoms in total. The lowest BCUT2D eigenvalue weighted by atomic mass is 9.99. The quantitative estimate of drug-likeness (QED) is 0.634. The Morgan fingerprint density at radius 2 is 1.88 bits per heavy atom. The molecule has 144 valence electrons. The molecule has 0 aliphatic heterocycles. The smallest absolute Gasteiger partial charge is 0.344 e. The van der Waals surface area contributed by atoms with Gasteiger partial charge in [-0.1, -0.05) is 43.5 Å². The molecule has 0 aliphatic carbocycles. The van der Waals surface area contributed by atoms with E-state index in [4.69, 9.17) is 32.7 Å². The summed E-state index contributed by atoms with van der Waals surface area (Å²) in [6.45, 7) is 2.71. The number of carbonyl (C=O) groups is 3. The standard InChI is InChI=1S/C17H21Cl2NO6/c1-4-10(2)16(17(23)24-3)20-14(21)8-26-15(22)9-25-13-6-5-11(18)7-12(13)19/h5-7,10,16H,4,8-9H2,1-3H3,(H,20,21)/t10-,16+/m1/s1. The lowest BCUT2D eigenvalue weighted by molar-refractivity contribution is -0.152. The summed E-state index contributed by atoms with van der Waals surface area (Å²) in [4.78, 5) is 35.3. The van der Waals surface area contributed by atoms with Crippen molar-refractivity contribution in [1.29, 1.82) is 0 Å². The number of nitrogens with one attached hydrogen (secondary N) is 1. The largest absolute Gasteiger partial charge is 0.480 e. The molecule has 0 bridgehead atoms. The molecule has 0 aromatic heterocycles. The van der Waals surface area contributed by atoms with E-state index in [1.807, 2.05) is 6.92 Å². The predicted octanol–water partition coefficient (Wildman–Crippen LogP) is 2.62. The van der Waals surface area contributed by atoms with Crippen molar-refractivity contribution in [2.24, 2.45) is 5.92 Å². The summed E-state index contributed by atoms with van der Waals surface area (Å²) in [6, 6.07) is 3.74. The van der Waals surface area contributed by atoms with Crippen LogP contribution < -0.4 is 10.1 Å². The van der Waals surface area contributed by atoms with E-state index in [9.17, 15) is 14.4 Å². The molecule has 9 heteroatoms. The van der Waals surface area contributed by atoms with E-state index in [1.165, 1.54) is 19.2 Å². The van der Waals surface area contributed by atoms with Crippen LogP contribution in [0.15, 0.2) is 18.2 Å². The van der Waals surface area contributed by atoms with Crippen LogP contribution in [-0.4, -0.2) is 44.2 Å². The number of ether oxygens (including phenoxy) is 3. The van der Waals surface area contributed by atoms with Gasteiger partial charge in [0.15, 0.2) is 13.2 Å². The number of hydrogen-bond acceptors (Lipinski definition) is 6. The van der Waals surface area contributed by atoms with Gasteiger partial charge in [-0.2, -0.15) is 0 Å². The second kappa shape index (κ2) is 10.9. The molecule has 0 aliphatic rings. The van der Waals surface area contributed by atoms with Gasteiger partial charge < -0.3 is 19.5 Å². The maximum absolute atomic E-state index is 11.9. The van der Waals surface area contributed by atoms with Crippen molar-refractivity contribution in [1.82, 2.24) is 5.32 Å². The normalized spacial score (nSPS) is 12.7. The molecular weight excluding hydrogens is 385 g/mol. The first-order chi connectivity index (χ1) is 12.3.